The molecule has 1 aliphatic heterocycles. The molecule has 2 rings (SSSR count). The predicted octanol–water partition coefficient (Wildman–Crippen LogP) is 2.92. The lowest BCUT2D eigenvalue weighted by Gasteiger charge is -2.36. The molecule has 1 heterocycles. The molecule has 3 nitrogen and oxygen atoms in total. The van der Waals surface area contributed by atoms with E-state index in [2.05, 4.69) is 48.2 Å². The van der Waals surface area contributed by atoms with Gasteiger partial charge in [0.25, 0.3) is 0 Å². The third-order valence-electron chi connectivity index (χ3n) is 4.67. The molecule has 1 aromatic carbocycles. The van der Waals surface area contributed by atoms with Crippen molar-refractivity contribution in [3.8, 4) is 0 Å². The quantitative estimate of drug-likeness (QED) is 0.875. The summed E-state index contributed by atoms with van der Waals surface area (Å²) in [6.07, 6.45) is 4.37. The van der Waals surface area contributed by atoms with Crippen LogP contribution in [-0.4, -0.2) is 53.7 Å². The second kappa shape index (κ2) is 7.58. The van der Waals surface area contributed by atoms with Gasteiger partial charge in [0.15, 0.2) is 0 Å². The van der Waals surface area contributed by atoms with Crippen LogP contribution in [0.5, 0.6) is 0 Å². The number of likely N-dealkylation sites (tertiary alicyclic amines) is 1. The van der Waals surface area contributed by atoms with Gasteiger partial charge in [0.1, 0.15) is 0 Å². The van der Waals surface area contributed by atoms with Gasteiger partial charge in [-0.3, -0.25) is 4.90 Å². The van der Waals surface area contributed by atoms with Crippen molar-refractivity contribution < 1.29 is 5.11 Å². The van der Waals surface area contributed by atoms with Crippen LogP contribution in [0.25, 0.3) is 0 Å². The largest absolute Gasteiger partial charge is 0.390 e. The SMILES string of the molecule is CN(C)[C@@H]1CCCN(Cc2ccc(CCC(C)(C)O)cc2)C1. The van der Waals surface area contributed by atoms with Crippen LogP contribution >= 0.6 is 0 Å². The van der Waals surface area contributed by atoms with Gasteiger partial charge in [0.05, 0.1) is 5.60 Å². The van der Waals surface area contributed by atoms with Crippen LogP contribution in [0.4, 0.5) is 0 Å². The van der Waals surface area contributed by atoms with Crippen LogP contribution in [0.1, 0.15) is 44.2 Å². The Kier molecular flexibility index (Phi) is 6.01. The third kappa shape index (κ3) is 5.71. The molecule has 0 unspecified atom stereocenters. The molecule has 3 heteroatoms. The van der Waals surface area contributed by atoms with Crippen LogP contribution < -0.4 is 0 Å². The highest BCUT2D eigenvalue weighted by atomic mass is 16.3. The normalized spacial score (nSPS) is 20.5. The zero-order valence-corrected chi connectivity index (χ0v) is 14.7. The third-order valence-corrected chi connectivity index (χ3v) is 4.67. The molecule has 0 spiro atoms. The molecular formula is C19H32N2O. The van der Waals surface area contributed by atoms with Gasteiger partial charge in [-0.15, -0.1) is 0 Å². The molecule has 0 aliphatic carbocycles. The summed E-state index contributed by atoms with van der Waals surface area (Å²) in [6.45, 7) is 7.19. The van der Waals surface area contributed by atoms with Crippen LogP contribution in [0.2, 0.25) is 0 Å². The van der Waals surface area contributed by atoms with Gasteiger partial charge in [-0.2, -0.15) is 0 Å². The van der Waals surface area contributed by atoms with E-state index in [9.17, 15) is 5.11 Å². The number of rotatable bonds is 6. The monoisotopic (exact) mass is 304 g/mol. The number of likely N-dealkylation sites (N-methyl/N-ethyl adjacent to an activating group) is 1. The van der Waals surface area contributed by atoms with Crippen molar-refractivity contribution in [1.29, 1.82) is 0 Å². The number of aliphatic hydroxyl groups is 1. The topological polar surface area (TPSA) is 26.7 Å². The van der Waals surface area contributed by atoms with Gasteiger partial charge in [-0.1, -0.05) is 24.3 Å². The van der Waals surface area contributed by atoms with E-state index in [1.54, 1.807) is 0 Å². The summed E-state index contributed by atoms with van der Waals surface area (Å²) in [7, 11) is 4.37. The summed E-state index contributed by atoms with van der Waals surface area (Å²) in [5, 5.41) is 9.81. The van der Waals surface area contributed by atoms with Crippen molar-refractivity contribution >= 4 is 0 Å². The molecule has 124 valence electrons. The smallest absolute Gasteiger partial charge is 0.0594 e. The Bertz CT molecular complexity index is 447. The van der Waals surface area contributed by atoms with E-state index in [-0.39, 0.29) is 0 Å². The molecule has 1 aliphatic rings. The molecule has 1 aromatic rings. The number of hydrogen-bond donors (Lipinski definition) is 1. The summed E-state index contributed by atoms with van der Waals surface area (Å²) >= 11 is 0. The summed E-state index contributed by atoms with van der Waals surface area (Å²) in [6, 6.07) is 9.63. The van der Waals surface area contributed by atoms with Crippen molar-refractivity contribution in [1.82, 2.24) is 9.80 Å². The Hall–Kier alpha value is -0.900. The zero-order chi connectivity index (χ0) is 16.2. The standard InChI is InChI=1S/C19H32N2O/c1-19(2,22)12-11-16-7-9-17(10-8-16)14-21-13-5-6-18(15-21)20(3)4/h7-10,18,22H,5-6,11-15H2,1-4H3/t18-/m1/s1. The minimum absolute atomic E-state index is 0.576. The molecule has 0 aromatic heterocycles. The van der Waals surface area contributed by atoms with E-state index in [0.29, 0.717) is 6.04 Å². The first-order chi connectivity index (χ1) is 10.3. The van der Waals surface area contributed by atoms with E-state index >= 15 is 0 Å². The van der Waals surface area contributed by atoms with Crippen LogP contribution in [0.15, 0.2) is 24.3 Å². The van der Waals surface area contributed by atoms with E-state index in [1.807, 2.05) is 13.8 Å². The van der Waals surface area contributed by atoms with Gasteiger partial charge in [0, 0.05) is 19.1 Å². The highest BCUT2D eigenvalue weighted by Crippen LogP contribution is 2.18. The highest BCUT2D eigenvalue weighted by Gasteiger charge is 2.21. The summed E-state index contributed by atoms with van der Waals surface area (Å²) in [5.74, 6) is 0. The van der Waals surface area contributed by atoms with Crippen LogP contribution in [0.3, 0.4) is 0 Å². The molecule has 1 fully saturated rings. The lowest BCUT2D eigenvalue weighted by Crippen LogP contribution is -2.44. The second-order valence-corrected chi connectivity index (χ2v) is 7.62. The van der Waals surface area contributed by atoms with E-state index in [1.165, 1.54) is 37.1 Å². The minimum atomic E-state index is -0.576. The van der Waals surface area contributed by atoms with Crippen molar-refractivity contribution in [3.05, 3.63) is 35.4 Å². The van der Waals surface area contributed by atoms with E-state index in [4.69, 9.17) is 0 Å². The molecule has 0 saturated carbocycles. The first kappa shape index (κ1) is 17.5. The lowest BCUT2D eigenvalue weighted by molar-refractivity contribution is 0.0714. The first-order valence-corrected chi connectivity index (χ1v) is 8.52. The number of piperidine rings is 1. The fourth-order valence-electron chi connectivity index (χ4n) is 3.12. The predicted molar refractivity (Wildman–Crippen MR) is 93.0 cm³/mol. The number of nitrogens with zero attached hydrogens (tertiary/aromatic N) is 2. The Balaban J connectivity index is 1.85. The van der Waals surface area contributed by atoms with Crippen molar-refractivity contribution in [3.63, 3.8) is 0 Å². The second-order valence-electron chi connectivity index (χ2n) is 7.62. The van der Waals surface area contributed by atoms with Gasteiger partial charge < -0.3 is 10.0 Å². The highest BCUT2D eigenvalue weighted by molar-refractivity contribution is 5.23. The molecule has 1 saturated heterocycles. The molecule has 22 heavy (non-hydrogen) atoms. The van der Waals surface area contributed by atoms with Crippen molar-refractivity contribution in [2.75, 3.05) is 27.2 Å². The van der Waals surface area contributed by atoms with Crippen LogP contribution in [-0.2, 0) is 13.0 Å². The number of aryl methyl sites for hydroxylation is 1. The van der Waals surface area contributed by atoms with Crippen LogP contribution in [0, 0.1) is 0 Å². The maximum absolute atomic E-state index is 9.81. The molecule has 0 bridgehead atoms. The first-order valence-electron chi connectivity index (χ1n) is 8.52. The Morgan fingerprint density at radius 3 is 2.41 bits per heavy atom. The average Bonchev–Trinajstić information content (AvgIpc) is 2.46. The molecule has 0 radical (unpaired) electrons. The number of benzene rings is 1. The lowest BCUT2D eigenvalue weighted by atomic mass is 9.98. The summed E-state index contributed by atoms with van der Waals surface area (Å²) in [4.78, 5) is 4.92. The molecule has 0 amide bonds. The fraction of sp³-hybridized carbons (Fsp3) is 0.684. The fourth-order valence-corrected chi connectivity index (χ4v) is 3.12. The maximum Gasteiger partial charge on any atom is 0.0594 e. The zero-order valence-electron chi connectivity index (χ0n) is 14.7. The summed E-state index contributed by atoms with van der Waals surface area (Å²) in [5.41, 5.74) is 2.13. The number of hydrogen-bond acceptors (Lipinski definition) is 3. The Morgan fingerprint density at radius 1 is 1.18 bits per heavy atom. The minimum Gasteiger partial charge on any atom is -0.390 e. The van der Waals surface area contributed by atoms with Gasteiger partial charge >= 0.3 is 0 Å². The average molecular weight is 304 g/mol. The van der Waals surface area contributed by atoms with Gasteiger partial charge in [-0.25, -0.2) is 0 Å². The Labute approximate surface area is 135 Å². The van der Waals surface area contributed by atoms with E-state index in [0.717, 1.165) is 19.4 Å². The van der Waals surface area contributed by atoms with Gasteiger partial charge in [-0.05, 0) is 71.3 Å². The molecular weight excluding hydrogens is 272 g/mol. The maximum atomic E-state index is 9.81. The van der Waals surface area contributed by atoms with Gasteiger partial charge in [0.2, 0.25) is 0 Å². The van der Waals surface area contributed by atoms with Crippen molar-refractivity contribution in [2.45, 2.75) is 57.7 Å². The van der Waals surface area contributed by atoms with E-state index < -0.39 is 5.60 Å². The molecule has 1 atom stereocenters. The van der Waals surface area contributed by atoms with Crippen molar-refractivity contribution in [2.24, 2.45) is 0 Å². The Morgan fingerprint density at radius 2 is 1.82 bits per heavy atom. The molecule has 1 N–H and O–H groups in total. The summed E-state index contributed by atoms with van der Waals surface area (Å²) < 4.78 is 0.